The van der Waals surface area contributed by atoms with Crippen LogP contribution in [0.15, 0.2) is 60.7 Å². The van der Waals surface area contributed by atoms with Crippen LogP contribution >= 0.6 is 0 Å². The van der Waals surface area contributed by atoms with E-state index in [-0.39, 0.29) is 0 Å². The molecule has 0 aromatic heterocycles. The third-order valence-corrected chi connectivity index (χ3v) is 3.94. The normalized spacial score (nSPS) is 11.3. The summed E-state index contributed by atoms with van der Waals surface area (Å²) < 4.78 is 31.0. The second-order valence-corrected chi connectivity index (χ2v) is 6.27. The van der Waals surface area contributed by atoms with Gasteiger partial charge in [0.15, 0.2) is 0 Å². The quantitative estimate of drug-likeness (QED) is 0.847. The van der Waals surface area contributed by atoms with Gasteiger partial charge in [-0.1, -0.05) is 60.7 Å². The first kappa shape index (κ1) is 16.0. The van der Waals surface area contributed by atoms with Crippen molar-refractivity contribution < 1.29 is 17.9 Å². The van der Waals surface area contributed by atoms with Gasteiger partial charge in [-0.2, -0.15) is 0 Å². The lowest BCUT2D eigenvalue weighted by Crippen LogP contribution is -2.33. The highest BCUT2D eigenvalue weighted by Crippen LogP contribution is 2.22. The fraction of sp³-hybridized carbons (Fsp3) is 0.133. The van der Waals surface area contributed by atoms with E-state index >= 15 is 0 Å². The second-order valence-electron chi connectivity index (χ2n) is 4.57. The largest absolute Gasteiger partial charge is 0.432 e. The highest BCUT2D eigenvalue weighted by Gasteiger charge is 2.22. The molecule has 116 valence electrons. The van der Waals surface area contributed by atoms with Gasteiger partial charge in [-0.3, -0.25) is 0 Å². The second kappa shape index (κ2) is 7.06. The SMILES string of the molecule is NC(=O)OCS(=O)(=O)NC(c1ccccc1)c1ccccc1. The molecule has 0 radical (unpaired) electrons. The van der Waals surface area contributed by atoms with Crippen molar-refractivity contribution >= 4 is 16.1 Å². The lowest BCUT2D eigenvalue weighted by molar-refractivity contribution is 0.174. The highest BCUT2D eigenvalue weighted by molar-refractivity contribution is 7.89. The van der Waals surface area contributed by atoms with E-state index in [1.165, 1.54) is 0 Å². The number of amides is 1. The van der Waals surface area contributed by atoms with Gasteiger partial charge in [0, 0.05) is 0 Å². The number of hydrogen-bond donors (Lipinski definition) is 2. The third kappa shape index (κ3) is 4.57. The lowest BCUT2D eigenvalue weighted by Gasteiger charge is -2.19. The number of carbonyl (C=O) groups is 1. The highest BCUT2D eigenvalue weighted by atomic mass is 32.2. The van der Waals surface area contributed by atoms with Gasteiger partial charge in [-0.05, 0) is 11.1 Å². The van der Waals surface area contributed by atoms with Gasteiger partial charge in [0.05, 0.1) is 6.04 Å². The molecule has 0 unspecified atom stereocenters. The molecule has 2 rings (SSSR count). The standard InChI is InChI=1S/C15H16N2O4S/c16-15(18)21-11-22(19,20)17-14(12-7-3-1-4-8-12)13-9-5-2-6-10-13/h1-10,14,17H,11H2,(H2,16,18). The molecule has 1 amide bonds. The van der Waals surface area contributed by atoms with E-state index in [1.54, 1.807) is 0 Å². The van der Waals surface area contributed by atoms with Crippen LogP contribution in [0.1, 0.15) is 17.2 Å². The Bertz CT molecular complexity index is 678. The molecule has 22 heavy (non-hydrogen) atoms. The summed E-state index contributed by atoms with van der Waals surface area (Å²) in [4.78, 5) is 10.6. The van der Waals surface area contributed by atoms with Crippen molar-refractivity contribution in [2.75, 3.05) is 5.94 Å². The number of sulfonamides is 1. The van der Waals surface area contributed by atoms with E-state index in [1.807, 2.05) is 60.7 Å². The maximum absolute atomic E-state index is 12.0. The topological polar surface area (TPSA) is 98.5 Å². The van der Waals surface area contributed by atoms with Crippen LogP contribution in [0, 0.1) is 0 Å². The molecule has 0 heterocycles. The van der Waals surface area contributed by atoms with Gasteiger partial charge in [-0.15, -0.1) is 0 Å². The van der Waals surface area contributed by atoms with Crippen LogP contribution in [0.5, 0.6) is 0 Å². The zero-order chi connectivity index (χ0) is 16.0. The van der Waals surface area contributed by atoms with E-state index in [9.17, 15) is 13.2 Å². The van der Waals surface area contributed by atoms with Crippen LogP contribution in [0.2, 0.25) is 0 Å². The number of hydrogen-bond acceptors (Lipinski definition) is 4. The van der Waals surface area contributed by atoms with Gasteiger partial charge in [-0.25, -0.2) is 17.9 Å². The first-order valence-electron chi connectivity index (χ1n) is 6.50. The molecule has 2 aromatic carbocycles. The maximum Gasteiger partial charge on any atom is 0.405 e. The first-order chi connectivity index (χ1) is 10.5. The number of benzene rings is 2. The first-order valence-corrected chi connectivity index (χ1v) is 8.15. The van der Waals surface area contributed by atoms with Gasteiger partial charge in [0.1, 0.15) is 0 Å². The molecule has 2 aromatic rings. The summed E-state index contributed by atoms with van der Waals surface area (Å²) in [6.07, 6.45) is -1.14. The molecular formula is C15H16N2O4S. The van der Waals surface area contributed by atoms with Crippen LogP contribution in [-0.4, -0.2) is 20.4 Å². The Hall–Kier alpha value is -2.38. The van der Waals surface area contributed by atoms with E-state index in [0.29, 0.717) is 0 Å². The molecule has 0 saturated carbocycles. The molecule has 0 aliphatic rings. The Labute approximate surface area is 129 Å². The van der Waals surface area contributed by atoms with Gasteiger partial charge in [0.25, 0.3) is 0 Å². The van der Waals surface area contributed by atoms with E-state index in [0.717, 1.165) is 11.1 Å². The predicted molar refractivity (Wildman–Crippen MR) is 82.3 cm³/mol. The molecule has 6 nitrogen and oxygen atoms in total. The van der Waals surface area contributed by atoms with Crippen molar-refractivity contribution in [3.8, 4) is 0 Å². The monoisotopic (exact) mass is 320 g/mol. The number of primary amides is 1. The summed E-state index contributed by atoms with van der Waals surface area (Å²) in [7, 11) is -3.85. The predicted octanol–water partition coefficient (Wildman–Crippen LogP) is 1.75. The van der Waals surface area contributed by atoms with Crippen LogP contribution in [0.4, 0.5) is 4.79 Å². The zero-order valence-corrected chi connectivity index (χ0v) is 12.5. The zero-order valence-electron chi connectivity index (χ0n) is 11.7. The summed E-state index contributed by atoms with van der Waals surface area (Å²) in [6.45, 7) is 0. The smallest absolute Gasteiger partial charge is 0.405 e. The minimum absolute atomic E-state index is 0.580. The van der Waals surface area contributed by atoms with Crippen molar-refractivity contribution in [1.82, 2.24) is 4.72 Å². The van der Waals surface area contributed by atoms with Gasteiger partial charge in [0.2, 0.25) is 16.0 Å². The number of rotatable bonds is 6. The fourth-order valence-electron chi connectivity index (χ4n) is 1.97. The molecule has 0 aliphatic heterocycles. The molecule has 0 saturated heterocycles. The Balaban J connectivity index is 2.28. The number of ether oxygens (including phenoxy) is 1. The summed E-state index contributed by atoms with van der Waals surface area (Å²) in [6, 6.07) is 17.6. The fourth-order valence-corrected chi connectivity index (χ4v) is 2.94. The third-order valence-electron chi connectivity index (χ3n) is 2.92. The Morgan fingerprint density at radius 2 is 1.45 bits per heavy atom. The molecule has 0 atom stereocenters. The maximum atomic E-state index is 12.0. The van der Waals surface area contributed by atoms with E-state index in [2.05, 4.69) is 9.46 Å². The summed E-state index contributed by atoms with van der Waals surface area (Å²) in [5, 5.41) is 0. The minimum atomic E-state index is -3.85. The Morgan fingerprint density at radius 1 is 1.00 bits per heavy atom. The van der Waals surface area contributed by atoms with Crippen LogP contribution in [0.25, 0.3) is 0 Å². The molecule has 0 spiro atoms. The van der Waals surface area contributed by atoms with Crippen LogP contribution in [0.3, 0.4) is 0 Å². The van der Waals surface area contributed by atoms with Crippen molar-refractivity contribution in [3.63, 3.8) is 0 Å². The molecule has 3 N–H and O–H groups in total. The van der Waals surface area contributed by atoms with Gasteiger partial charge >= 0.3 is 6.09 Å². The molecular weight excluding hydrogens is 304 g/mol. The Morgan fingerprint density at radius 3 is 1.86 bits per heavy atom. The lowest BCUT2D eigenvalue weighted by atomic mass is 10.00. The number of nitrogens with one attached hydrogen (secondary N) is 1. The average Bonchev–Trinajstić information content (AvgIpc) is 2.53. The van der Waals surface area contributed by atoms with Crippen LogP contribution < -0.4 is 10.5 Å². The average molecular weight is 320 g/mol. The molecule has 0 fully saturated rings. The van der Waals surface area contributed by atoms with E-state index < -0.39 is 28.1 Å². The van der Waals surface area contributed by atoms with Crippen molar-refractivity contribution in [2.24, 2.45) is 5.73 Å². The Kier molecular flexibility index (Phi) is 5.13. The van der Waals surface area contributed by atoms with Crippen molar-refractivity contribution in [2.45, 2.75) is 6.04 Å². The number of nitrogens with two attached hydrogens (primary N) is 1. The summed E-state index contributed by atoms with van der Waals surface area (Å²) >= 11 is 0. The van der Waals surface area contributed by atoms with Crippen LogP contribution in [-0.2, 0) is 14.8 Å². The van der Waals surface area contributed by atoms with E-state index in [4.69, 9.17) is 5.73 Å². The number of carbonyl (C=O) groups excluding carboxylic acids is 1. The molecule has 0 aliphatic carbocycles. The van der Waals surface area contributed by atoms with Crippen molar-refractivity contribution in [3.05, 3.63) is 71.8 Å². The molecule has 7 heteroatoms. The summed E-state index contributed by atoms with van der Waals surface area (Å²) in [5.41, 5.74) is 6.35. The van der Waals surface area contributed by atoms with Crippen molar-refractivity contribution in [1.29, 1.82) is 0 Å². The molecule has 0 bridgehead atoms. The minimum Gasteiger partial charge on any atom is -0.432 e. The summed E-state index contributed by atoms with van der Waals surface area (Å²) in [5.74, 6) is -0.821. The van der Waals surface area contributed by atoms with Gasteiger partial charge < -0.3 is 10.5 Å².